The fourth-order valence-corrected chi connectivity index (χ4v) is 3.09. The van der Waals surface area contributed by atoms with Crippen molar-refractivity contribution in [3.63, 3.8) is 0 Å². The molecule has 0 aliphatic rings. The fraction of sp³-hybridized carbons (Fsp3) is 0.200. The van der Waals surface area contributed by atoms with Gasteiger partial charge in [-0.15, -0.1) is 0 Å². The smallest absolute Gasteiger partial charge is 0.133 e. The Balaban J connectivity index is 2.53. The first kappa shape index (κ1) is 16.2. The third kappa shape index (κ3) is 3.55. The van der Waals surface area contributed by atoms with Gasteiger partial charge < -0.3 is 9.47 Å². The first-order valence-electron chi connectivity index (χ1n) is 5.97. The highest BCUT2D eigenvalue weighted by atomic mass is 79.9. The van der Waals surface area contributed by atoms with Crippen LogP contribution in [0.3, 0.4) is 0 Å². The average Bonchev–Trinajstić information content (AvgIpc) is 2.45. The largest absolute Gasteiger partial charge is 0.496 e. The van der Waals surface area contributed by atoms with Crippen LogP contribution in [-0.2, 0) is 0 Å². The van der Waals surface area contributed by atoms with Gasteiger partial charge in [-0.3, -0.25) is 0 Å². The molecule has 21 heavy (non-hydrogen) atoms. The molecule has 0 bridgehead atoms. The van der Waals surface area contributed by atoms with Crippen molar-refractivity contribution in [2.45, 2.75) is 4.83 Å². The van der Waals surface area contributed by atoms with Gasteiger partial charge in [0.2, 0.25) is 0 Å². The Bertz CT molecular complexity index is 642. The summed E-state index contributed by atoms with van der Waals surface area (Å²) in [6, 6.07) is 6.89. The number of hydrogen-bond acceptors (Lipinski definition) is 2. The van der Waals surface area contributed by atoms with Crippen LogP contribution in [0.2, 0.25) is 0 Å². The monoisotopic (exact) mass is 420 g/mol. The molecule has 0 N–H and O–H groups in total. The summed E-state index contributed by atoms with van der Waals surface area (Å²) < 4.78 is 38.0. The quantitative estimate of drug-likeness (QED) is 0.629. The van der Waals surface area contributed by atoms with Crippen molar-refractivity contribution in [2.75, 3.05) is 14.2 Å². The molecule has 1 atom stereocenters. The van der Waals surface area contributed by atoms with Crippen LogP contribution in [0.15, 0.2) is 34.8 Å². The lowest BCUT2D eigenvalue weighted by molar-refractivity contribution is 0.397. The van der Waals surface area contributed by atoms with Crippen LogP contribution >= 0.6 is 31.9 Å². The van der Waals surface area contributed by atoms with Gasteiger partial charge in [0.15, 0.2) is 0 Å². The number of rotatable bonds is 4. The van der Waals surface area contributed by atoms with Gasteiger partial charge in [0, 0.05) is 11.6 Å². The second-order valence-electron chi connectivity index (χ2n) is 4.29. The molecule has 0 aliphatic heterocycles. The lowest BCUT2D eigenvalue weighted by Gasteiger charge is -2.17. The minimum atomic E-state index is -0.627. The standard InChI is InChI=1S/C15H12Br2F2O2/c1-20-13-7-12(16)14(21-2)6-11(13)15(17)8-3-9(18)5-10(19)4-8/h3-7,15H,1-2H3. The molecular formula is C15H12Br2F2O2. The van der Waals surface area contributed by atoms with E-state index in [1.54, 1.807) is 19.2 Å². The molecule has 0 saturated heterocycles. The fourth-order valence-electron chi connectivity index (χ4n) is 1.98. The summed E-state index contributed by atoms with van der Waals surface area (Å²) in [6.07, 6.45) is 0. The van der Waals surface area contributed by atoms with E-state index in [0.717, 1.165) is 10.5 Å². The molecule has 112 valence electrons. The van der Waals surface area contributed by atoms with Crippen LogP contribution in [0.5, 0.6) is 11.5 Å². The van der Waals surface area contributed by atoms with Crippen molar-refractivity contribution in [3.05, 3.63) is 57.6 Å². The van der Waals surface area contributed by atoms with Crippen LogP contribution < -0.4 is 9.47 Å². The summed E-state index contributed by atoms with van der Waals surface area (Å²) in [5, 5.41) is 0. The predicted molar refractivity (Wildman–Crippen MR) is 84.4 cm³/mol. The number of halogens is 4. The minimum absolute atomic E-state index is 0.431. The van der Waals surface area contributed by atoms with Crippen molar-refractivity contribution in [1.82, 2.24) is 0 Å². The maximum Gasteiger partial charge on any atom is 0.133 e. The maximum atomic E-state index is 13.4. The zero-order chi connectivity index (χ0) is 15.6. The molecule has 2 rings (SSSR count). The lowest BCUT2D eigenvalue weighted by Crippen LogP contribution is -2.00. The van der Waals surface area contributed by atoms with Gasteiger partial charge in [-0.05, 0) is 45.8 Å². The van der Waals surface area contributed by atoms with Crippen molar-refractivity contribution in [1.29, 1.82) is 0 Å². The van der Waals surface area contributed by atoms with Crippen molar-refractivity contribution >= 4 is 31.9 Å². The number of alkyl halides is 1. The number of benzene rings is 2. The van der Waals surface area contributed by atoms with E-state index in [9.17, 15) is 8.78 Å². The van der Waals surface area contributed by atoms with Gasteiger partial charge in [0.25, 0.3) is 0 Å². The van der Waals surface area contributed by atoms with E-state index in [0.29, 0.717) is 22.6 Å². The molecule has 0 heterocycles. The maximum absolute atomic E-state index is 13.4. The topological polar surface area (TPSA) is 18.5 Å². The van der Waals surface area contributed by atoms with Crippen LogP contribution in [-0.4, -0.2) is 14.2 Å². The molecular weight excluding hydrogens is 410 g/mol. The van der Waals surface area contributed by atoms with Gasteiger partial charge >= 0.3 is 0 Å². The summed E-state index contributed by atoms with van der Waals surface area (Å²) >= 11 is 6.83. The highest BCUT2D eigenvalue weighted by molar-refractivity contribution is 9.10. The first-order valence-corrected chi connectivity index (χ1v) is 7.68. The molecule has 0 spiro atoms. The SMILES string of the molecule is COc1cc(C(Br)c2cc(F)cc(F)c2)c(OC)cc1Br. The molecule has 6 heteroatoms. The van der Waals surface area contributed by atoms with E-state index in [-0.39, 0.29) is 0 Å². The van der Waals surface area contributed by atoms with E-state index in [1.807, 2.05) is 0 Å². The molecule has 0 radical (unpaired) electrons. The summed E-state index contributed by atoms with van der Waals surface area (Å²) in [7, 11) is 3.07. The lowest BCUT2D eigenvalue weighted by atomic mass is 10.0. The summed E-state index contributed by atoms with van der Waals surface area (Å²) in [5.74, 6) is -0.0728. The molecule has 0 amide bonds. The van der Waals surface area contributed by atoms with E-state index >= 15 is 0 Å². The van der Waals surface area contributed by atoms with Crippen LogP contribution in [0, 0.1) is 11.6 Å². The normalized spacial score (nSPS) is 12.1. The average molecular weight is 422 g/mol. The van der Waals surface area contributed by atoms with Crippen LogP contribution in [0.4, 0.5) is 8.78 Å². The minimum Gasteiger partial charge on any atom is -0.496 e. The Labute approximate surface area is 138 Å². The van der Waals surface area contributed by atoms with E-state index in [2.05, 4.69) is 31.9 Å². The third-order valence-corrected chi connectivity index (χ3v) is 4.60. The second kappa shape index (κ2) is 6.75. The Morgan fingerprint density at radius 3 is 2.00 bits per heavy atom. The van der Waals surface area contributed by atoms with Crippen molar-refractivity contribution in [2.24, 2.45) is 0 Å². The predicted octanol–water partition coefficient (Wildman–Crippen LogP) is 5.23. The molecule has 0 fully saturated rings. The van der Waals surface area contributed by atoms with Gasteiger partial charge in [-0.2, -0.15) is 0 Å². The molecule has 0 aromatic heterocycles. The van der Waals surface area contributed by atoms with Crippen molar-refractivity contribution < 1.29 is 18.3 Å². The number of ether oxygens (including phenoxy) is 2. The van der Waals surface area contributed by atoms with Gasteiger partial charge in [0.1, 0.15) is 23.1 Å². The van der Waals surface area contributed by atoms with E-state index in [1.165, 1.54) is 19.2 Å². The number of methoxy groups -OCH3 is 2. The first-order chi connectivity index (χ1) is 9.96. The van der Waals surface area contributed by atoms with E-state index < -0.39 is 16.5 Å². The Morgan fingerprint density at radius 2 is 1.48 bits per heavy atom. The van der Waals surface area contributed by atoms with Crippen molar-refractivity contribution in [3.8, 4) is 11.5 Å². The highest BCUT2D eigenvalue weighted by Crippen LogP contribution is 2.41. The second-order valence-corrected chi connectivity index (χ2v) is 6.06. The molecule has 1 unspecified atom stereocenters. The van der Waals surface area contributed by atoms with Gasteiger partial charge in [-0.25, -0.2) is 8.78 Å². The van der Waals surface area contributed by atoms with Crippen LogP contribution in [0.1, 0.15) is 16.0 Å². The summed E-state index contributed by atoms with van der Waals surface area (Å²) in [4.78, 5) is -0.431. The number of hydrogen-bond donors (Lipinski definition) is 0. The Morgan fingerprint density at radius 1 is 0.905 bits per heavy atom. The summed E-state index contributed by atoms with van der Waals surface area (Å²) in [6.45, 7) is 0. The molecule has 0 saturated carbocycles. The molecule has 2 aromatic carbocycles. The molecule has 2 aromatic rings. The van der Waals surface area contributed by atoms with Gasteiger partial charge in [-0.1, -0.05) is 15.9 Å². The molecule has 2 nitrogen and oxygen atoms in total. The molecule has 0 aliphatic carbocycles. The van der Waals surface area contributed by atoms with E-state index in [4.69, 9.17) is 9.47 Å². The Kier molecular flexibility index (Phi) is 5.22. The Hall–Kier alpha value is -1.14. The van der Waals surface area contributed by atoms with Gasteiger partial charge in [0.05, 0.1) is 23.5 Å². The third-order valence-electron chi connectivity index (χ3n) is 2.95. The van der Waals surface area contributed by atoms with Crippen LogP contribution in [0.25, 0.3) is 0 Å². The zero-order valence-electron chi connectivity index (χ0n) is 11.3. The highest BCUT2D eigenvalue weighted by Gasteiger charge is 2.19. The zero-order valence-corrected chi connectivity index (χ0v) is 14.5. The summed E-state index contributed by atoms with van der Waals surface area (Å²) in [5.41, 5.74) is 1.16.